The van der Waals surface area contributed by atoms with Crippen LogP contribution in [0, 0.1) is 0 Å². The number of halogens is 4. The number of esters is 1. The van der Waals surface area contributed by atoms with Gasteiger partial charge in [-0.25, -0.2) is 4.79 Å². The largest absolute Gasteiger partial charge is 0.573 e. The van der Waals surface area contributed by atoms with E-state index >= 15 is 0 Å². The maximum absolute atomic E-state index is 12.1. The third kappa shape index (κ3) is 6.48. The average Bonchev–Trinajstić information content (AvgIpc) is 2.60. The SMILES string of the molecule is COC(=O)c1ccc(OCC(=O)Nc2ccc(OC(F)(F)F)cc2)c(Br)c1. The molecule has 0 spiro atoms. The van der Waals surface area contributed by atoms with Gasteiger partial charge in [-0.1, -0.05) is 0 Å². The van der Waals surface area contributed by atoms with Crippen LogP contribution in [0.15, 0.2) is 46.9 Å². The van der Waals surface area contributed by atoms with Crippen LogP contribution in [-0.2, 0) is 9.53 Å². The highest BCUT2D eigenvalue weighted by molar-refractivity contribution is 9.10. The zero-order chi connectivity index (χ0) is 20.0. The van der Waals surface area contributed by atoms with Crippen molar-refractivity contribution in [1.29, 1.82) is 0 Å². The van der Waals surface area contributed by atoms with E-state index in [2.05, 4.69) is 30.7 Å². The van der Waals surface area contributed by atoms with Crippen LogP contribution in [0.4, 0.5) is 18.9 Å². The molecule has 1 N–H and O–H groups in total. The quantitative estimate of drug-likeness (QED) is 0.673. The number of hydrogen-bond donors (Lipinski definition) is 1. The van der Waals surface area contributed by atoms with Gasteiger partial charge in [-0.3, -0.25) is 4.79 Å². The summed E-state index contributed by atoms with van der Waals surface area (Å²) in [6.07, 6.45) is -4.78. The molecular weight excluding hydrogens is 435 g/mol. The molecule has 0 aliphatic heterocycles. The van der Waals surface area contributed by atoms with Crippen molar-refractivity contribution in [2.24, 2.45) is 0 Å². The molecule has 0 aliphatic carbocycles. The first-order chi connectivity index (χ1) is 12.7. The minimum atomic E-state index is -4.78. The zero-order valence-electron chi connectivity index (χ0n) is 13.8. The Hall–Kier alpha value is -2.75. The zero-order valence-corrected chi connectivity index (χ0v) is 15.4. The van der Waals surface area contributed by atoms with Crippen LogP contribution >= 0.6 is 15.9 Å². The fraction of sp³-hybridized carbons (Fsp3) is 0.176. The van der Waals surface area contributed by atoms with Gasteiger partial charge in [0.15, 0.2) is 6.61 Å². The molecule has 144 valence electrons. The van der Waals surface area contributed by atoms with E-state index in [9.17, 15) is 22.8 Å². The second kappa shape index (κ2) is 8.76. The molecule has 2 aromatic carbocycles. The Labute approximate surface area is 160 Å². The van der Waals surface area contributed by atoms with Crippen molar-refractivity contribution in [1.82, 2.24) is 0 Å². The van der Waals surface area contributed by atoms with Crippen molar-refractivity contribution in [2.45, 2.75) is 6.36 Å². The second-order valence-corrected chi connectivity index (χ2v) is 5.90. The lowest BCUT2D eigenvalue weighted by Gasteiger charge is -2.11. The molecule has 0 atom stereocenters. The predicted octanol–water partition coefficient (Wildman–Crippen LogP) is 4.15. The average molecular weight is 448 g/mol. The summed E-state index contributed by atoms with van der Waals surface area (Å²) in [4.78, 5) is 23.3. The van der Waals surface area contributed by atoms with Crippen molar-refractivity contribution in [2.75, 3.05) is 19.0 Å². The predicted molar refractivity (Wildman–Crippen MR) is 92.7 cm³/mol. The molecule has 0 aliphatic rings. The summed E-state index contributed by atoms with van der Waals surface area (Å²) in [5, 5.41) is 2.47. The number of rotatable bonds is 6. The summed E-state index contributed by atoms with van der Waals surface area (Å²) in [6, 6.07) is 9.13. The van der Waals surface area contributed by atoms with E-state index in [0.717, 1.165) is 12.1 Å². The van der Waals surface area contributed by atoms with E-state index in [0.29, 0.717) is 15.8 Å². The van der Waals surface area contributed by atoms with Crippen LogP contribution in [0.5, 0.6) is 11.5 Å². The number of amides is 1. The topological polar surface area (TPSA) is 73.9 Å². The van der Waals surface area contributed by atoms with Crippen LogP contribution in [0.1, 0.15) is 10.4 Å². The number of nitrogens with one attached hydrogen (secondary N) is 1. The Bertz CT molecular complexity index is 824. The van der Waals surface area contributed by atoms with Gasteiger partial charge < -0.3 is 19.5 Å². The van der Waals surface area contributed by atoms with Crippen molar-refractivity contribution in [3.8, 4) is 11.5 Å². The highest BCUT2D eigenvalue weighted by Crippen LogP contribution is 2.27. The number of ether oxygens (including phenoxy) is 3. The molecule has 0 bridgehead atoms. The van der Waals surface area contributed by atoms with E-state index in [1.807, 2.05) is 0 Å². The van der Waals surface area contributed by atoms with Gasteiger partial charge in [0.1, 0.15) is 11.5 Å². The molecule has 0 unspecified atom stereocenters. The summed E-state index contributed by atoms with van der Waals surface area (Å²) in [5.74, 6) is -1.11. The highest BCUT2D eigenvalue weighted by atomic mass is 79.9. The van der Waals surface area contributed by atoms with Gasteiger partial charge in [-0.2, -0.15) is 0 Å². The normalized spacial score (nSPS) is 10.9. The number of benzene rings is 2. The van der Waals surface area contributed by atoms with Crippen molar-refractivity contribution in [3.05, 3.63) is 52.5 Å². The van der Waals surface area contributed by atoms with E-state index < -0.39 is 24.0 Å². The fourth-order valence-electron chi connectivity index (χ4n) is 1.94. The van der Waals surface area contributed by atoms with Gasteiger partial charge in [0, 0.05) is 5.69 Å². The Morgan fingerprint density at radius 3 is 2.33 bits per heavy atom. The van der Waals surface area contributed by atoms with Crippen LogP contribution < -0.4 is 14.8 Å². The lowest BCUT2D eigenvalue weighted by Crippen LogP contribution is -2.20. The molecule has 0 radical (unpaired) electrons. The lowest BCUT2D eigenvalue weighted by molar-refractivity contribution is -0.274. The molecule has 0 saturated heterocycles. The molecule has 0 heterocycles. The van der Waals surface area contributed by atoms with Crippen molar-refractivity contribution in [3.63, 3.8) is 0 Å². The monoisotopic (exact) mass is 447 g/mol. The number of anilines is 1. The molecule has 2 aromatic rings. The van der Waals surface area contributed by atoms with Gasteiger partial charge in [-0.15, -0.1) is 13.2 Å². The van der Waals surface area contributed by atoms with E-state index in [1.54, 1.807) is 0 Å². The summed E-state index contributed by atoms with van der Waals surface area (Å²) in [6.45, 7) is -0.350. The first-order valence-corrected chi connectivity index (χ1v) is 8.13. The first-order valence-electron chi connectivity index (χ1n) is 7.34. The summed E-state index contributed by atoms with van der Waals surface area (Å²) in [7, 11) is 1.26. The van der Waals surface area contributed by atoms with Gasteiger partial charge in [0.25, 0.3) is 5.91 Å². The Balaban J connectivity index is 1.90. The summed E-state index contributed by atoms with van der Waals surface area (Å²) >= 11 is 3.22. The number of alkyl halides is 3. The summed E-state index contributed by atoms with van der Waals surface area (Å²) < 4.78 is 50.4. The smallest absolute Gasteiger partial charge is 0.483 e. The van der Waals surface area contributed by atoms with Crippen LogP contribution in [0.2, 0.25) is 0 Å². The highest BCUT2D eigenvalue weighted by Gasteiger charge is 2.30. The van der Waals surface area contributed by atoms with Gasteiger partial charge in [-0.05, 0) is 58.4 Å². The lowest BCUT2D eigenvalue weighted by atomic mass is 10.2. The minimum absolute atomic E-state index is 0.276. The first kappa shape index (κ1) is 20.6. The number of hydrogen-bond acceptors (Lipinski definition) is 5. The fourth-order valence-corrected chi connectivity index (χ4v) is 2.44. The Morgan fingerprint density at radius 2 is 1.78 bits per heavy atom. The molecular formula is C17H13BrF3NO5. The Morgan fingerprint density at radius 1 is 1.11 bits per heavy atom. The maximum Gasteiger partial charge on any atom is 0.573 e. The molecule has 0 fully saturated rings. The summed E-state index contributed by atoms with van der Waals surface area (Å²) in [5.41, 5.74) is 0.584. The third-order valence-electron chi connectivity index (χ3n) is 3.08. The number of carbonyl (C=O) groups excluding carboxylic acids is 2. The molecule has 10 heteroatoms. The minimum Gasteiger partial charge on any atom is -0.483 e. The molecule has 6 nitrogen and oxygen atoms in total. The van der Waals surface area contributed by atoms with Gasteiger partial charge in [0.05, 0.1) is 17.1 Å². The van der Waals surface area contributed by atoms with Crippen molar-refractivity contribution < 1.29 is 37.0 Å². The number of carbonyl (C=O) groups is 2. The molecule has 2 rings (SSSR count). The molecule has 27 heavy (non-hydrogen) atoms. The number of methoxy groups -OCH3 is 1. The third-order valence-corrected chi connectivity index (χ3v) is 3.70. The van der Waals surface area contributed by atoms with Crippen LogP contribution in [0.25, 0.3) is 0 Å². The molecule has 0 aromatic heterocycles. The van der Waals surface area contributed by atoms with Crippen LogP contribution in [0.3, 0.4) is 0 Å². The van der Waals surface area contributed by atoms with Gasteiger partial charge >= 0.3 is 12.3 Å². The molecule has 1 amide bonds. The van der Waals surface area contributed by atoms with E-state index in [1.165, 1.54) is 37.4 Å². The Kier molecular flexibility index (Phi) is 6.67. The molecule has 0 saturated carbocycles. The van der Waals surface area contributed by atoms with E-state index in [4.69, 9.17) is 4.74 Å². The van der Waals surface area contributed by atoms with Crippen LogP contribution in [-0.4, -0.2) is 32.0 Å². The van der Waals surface area contributed by atoms with E-state index in [-0.39, 0.29) is 12.3 Å². The standard InChI is InChI=1S/C17H13BrF3NO5/c1-25-16(24)10-2-7-14(13(18)8-10)26-9-15(23)22-11-3-5-12(6-4-11)27-17(19,20)21/h2-8H,9H2,1H3,(H,22,23). The second-order valence-electron chi connectivity index (χ2n) is 5.05. The van der Waals surface area contributed by atoms with Gasteiger partial charge in [0.2, 0.25) is 0 Å². The van der Waals surface area contributed by atoms with Crippen molar-refractivity contribution >= 4 is 33.5 Å². The maximum atomic E-state index is 12.1.